The number of likely N-dealkylation sites (tertiary alicyclic amines) is 2. The minimum absolute atomic E-state index is 0.0938. The molecule has 6 heteroatoms. The zero-order valence-electron chi connectivity index (χ0n) is 14.0. The maximum absolute atomic E-state index is 13.6. The third-order valence-electron chi connectivity index (χ3n) is 5.65. The van der Waals surface area contributed by atoms with E-state index < -0.39 is 6.55 Å². The van der Waals surface area contributed by atoms with Gasteiger partial charge in [0.15, 0.2) is 0 Å². The van der Waals surface area contributed by atoms with Crippen LogP contribution in [0.2, 0.25) is 0 Å². The lowest BCUT2D eigenvalue weighted by Crippen LogP contribution is -2.50. The topological polar surface area (TPSA) is 24.3 Å². The molecular weight excluding hydrogens is 310 g/mol. The van der Waals surface area contributed by atoms with Crippen LogP contribution in [0.3, 0.4) is 0 Å². The average Bonchev–Trinajstić information content (AvgIpc) is 2.93. The van der Waals surface area contributed by atoms with E-state index >= 15 is 0 Å². The van der Waals surface area contributed by atoms with Gasteiger partial charge in [0.25, 0.3) is 0 Å². The highest BCUT2D eigenvalue weighted by Crippen LogP contribution is 2.31. The Hall–Kier alpha value is -1.53. The predicted molar refractivity (Wildman–Crippen MR) is 90.2 cm³/mol. The third-order valence-corrected chi connectivity index (χ3v) is 5.65. The van der Waals surface area contributed by atoms with Crippen molar-refractivity contribution >= 4 is 11.0 Å². The van der Waals surface area contributed by atoms with Crippen molar-refractivity contribution in [3.63, 3.8) is 0 Å². The summed E-state index contributed by atoms with van der Waals surface area (Å²) in [7, 11) is 0. The van der Waals surface area contributed by atoms with E-state index in [0.717, 1.165) is 30.5 Å². The van der Waals surface area contributed by atoms with Crippen LogP contribution in [0.1, 0.15) is 44.6 Å². The maximum Gasteiger partial charge on any atom is 0.320 e. The number of alkyl halides is 2. The molecule has 2 saturated heterocycles. The van der Waals surface area contributed by atoms with Gasteiger partial charge in [-0.2, -0.15) is 8.78 Å². The minimum atomic E-state index is -2.56. The zero-order valence-corrected chi connectivity index (χ0v) is 14.0. The summed E-state index contributed by atoms with van der Waals surface area (Å²) >= 11 is 0. The molecule has 4 rings (SSSR count). The van der Waals surface area contributed by atoms with Gasteiger partial charge in [0, 0.05) is 19.1 Å². The number of halogens is 2. The maximum atomic E-state index is 13.6. The van der Waals surface area contributed by atoms with Crippen LogP contribution in [0.15, 0.2) is 24.3 Å². The van der Waals surface area contributed by atoms with Crippen molar-refractivity contribution in [3.05, 3.63) is 30.1 Å². The second-order valence-electron chi connectivity index (χ2n) is 6.94. The number of piperidine rings is 1. The van der Waals surface area contributed by atoms with E-state index in [1.807, 2.05) is 13.0 Å². The number of aromatic nitrogens is 2. The van der Waals surface area contributed by atoms with Gasteiger partial charge in [0.05, 0.1) is 17.1 Å². The molecule has 4 nitrogen and oxygen atoms in total. The van der Waals surface area contributed by atoms with E-state index in [9.17, 15) is 8.78 Å². The van der Waals surface area contributed by atoms with Crippen molar-refractivity contribution in [1.82, 2.24) is 19.4 Å². The van der Waals surface area contributed by atoms with Crippen LogP contribution in [0.4, 0.5) is 8.78 Å². The van der Waals surface area contributed by atoms with Crippen molar-refractivity contribution in [1.29, 1.82) is 0 Å². The van der Waals surface area contributed by atoms with Crippen molar-refractivity contribution < 1.29 is 8.78 Å². The molecule has 2 aromatic rings. The number of fused-ring (bicyclic) bond motifs is 1. The van der Waals surface area contributed by atoms with Crippen molar-refractivity contribution in [2.75, 3.05) is 26.2 Å². The standard InChI is InChI=1S/C18H24F2N4/c1-13(22-11-7-14(8-12-22)23-9-4-10-23)17-21-15-5-2-3-6-16(15)24(17)18(19)20/h2-3,5-6,13-14,18H,4,7-12H2,1H3. The fourth-order valence-electron chi connectivity index (χ4n) is 4.07. The second kappa shape index (κ2) is 6.41. The van der Waals surface area contributed by atoms with Gasteiger partial charge in [0.2, 0.25) is 0 Å². The van der Waals surface area contributed by atoms with Crippen LogP contribution in [0.25, 0.3) is 11.0 Å². The molecule has 0 aliphatic carbocycles. The highest BCUT2D eigenvalue weighted by Gasteiger charge is 2.32. The third kappa shape index (κ3) is 2.71. The molecule has 130 valence electrons. The smallest absolute Gasteiger partial charge is 0.300 e. The van der Waals surface area contributed by atoms with Gasteiger partial charge < -0.3 is 4.90 Å². The van der Waals surface area contributed by atoms with Gasteiger partial charge in [-0.05, 0) is 51.4 Å². The van der Waals surface area contributed by atoms with E-state index in [2.05, 4.69) is 14.8 Å². The fourth-order valence-corrected chi connectivity index (χ4v) is 4.07. The summed E-state index contributed by atoms with van der Waals surface area (Å²) in [4.78, 5) is 9.38. The first kappa shape index (κ1) is 16.0. The van der Waals surface area contributed by atoms with Crippen LogP contribution >= 0.6 is 0 Å². The summed E-state index contributed by atoms with van der Waals surface area (Å²) in [5.41, 5.74) is 1.17. The molecule has 0 N–H and O–H groups in total. The normalized spacial score (nSPS) is 22.2. The Labute approximate surface area is 141 Å². The summed E-state index contributed by atoms with van der Waals surface area (Å²) in [6.07, 6.45) is 3.56. The Morgan fingerprint density at radius 3 is 2.42 bits per heavy atom. The molecule has 0 radical (unpaired) electrons. The Kier molecular flexibility index (Phi) is 4.26. The van der Waals surface area contributed by atoms with Crippen LogP contribution in [-0.2, 0) is 0 Å². The van der Waals surface area contributed by atoms with E-state index in [1.165, 1.54) is 19.5 Å². The van der Waals surface area contributed by atoms with Crippen LogP contribution < -0.4 is 0 Å². The number of hydrogen-bond donors (Lipinski definition) is 0. The Balaban J connectivity index is 1.55. The van der Waals surface area contributed by atoms with E-state index in [-0.39, 0.29) is 6.04 Å². The second-order valence-corrected chi connectivity index (χ2v) is 6.94. The average molecular weight is 334 g/mol. The highest BCUT2D eigenvalue weighted by atomic mass is 19.3. The van der Waals surface area contributed by atoms with Crippen LogP contribution in [0, 0.1) is 0 Å². The quantitative estimate of drug-likeness (QED) is 0.853. The Bertz CT molecular complexity index is 702. The van der Waals surface area contributed by atoms with Crippen molar-refractivity contribution in [2.24, 2.45) is 0 Å². The number of hydrogen-bond acceptors (Lipinski definition) is 3. The van der Waals surface area contributed by atoms with E-state index in [0.29, 0.717) is 22.9 Å². The van der Waals surface area contributed by atoms with Crippen molar-refractivity contribution in [3.8, 4) is 0 Å². The summed E-state index contributed by atoms with van der Waals surface area (Å²) in [6.45, 7) is 3.80. The van der Waals surface area contributed by atoms with E-state index in [4.69, 9.17) is 0 Å². The number of para-hydroxylation sites is 2. The summed E-state index contributed by atoms with van der Waals surface area (Å²) in [6, 6.07) is 7.75. The molecule has 2 aliphatic heterocycles. The fraction of sp³-hybridized carbons (Fsp3) is 0.611. The number of imidazole rings is 1. The Morgan fingerprint density at radius 1 is 1.08 bits per heavy atom. The minimum Gasteiger partial charge on any atom is -0.300 e. The molecule has 2 fully saturated rings. The molecule has 24 heavy (non-hydrogen) atoms. The molecular formula is C18H24F2N4. The molecule has 0 saturated carbocycles. The zero-order chi connectivity index (χ0) is 16.7. The molecule has 2 aliphatic rings. The lowest BCUT2D eigenvalue weighted by molar-refractivity contribution is 0.0403. The predicted octanol–water partition coefficient (Wildman–Crippen LogP) is 3.66. The monoisotopic (exact) mass is 334 g/mol. The van der Waals surface area contributed by atoms with Crippen LogP contribution in [-0.4, -0.2) is 51.6 Å². The van der Waals surface area contributed by atoms with Gasteiger partial charge in [0.1, 0.15) is 5.82 Å². The summed E-state index contributed by atoms with van der Waals surface area (Å²) in [5.74, 6) is 0.480. The Morgan fingerprint density at radius 2 is 1.79 bits per heavy atom. The van der Waals surface area contributed by atoms with E-state index in [1.54, 1.807) is 18.2 Å². The molecule has 1 aromatic carbocycles. The van der Waals surface area contributed by atoms with Gasteiger partial charge in [-0.25, -0.2) is 4.98 Å². The molecule has 0 spiro atoms. The highest BCUT2D eigenvalue weighted by molar-refractivity contribution is 5.76. The SMILES string of the molecule is CC(c1nc2ccccc2n1C(F)F)N1CCC(N2CCC2)CC1. The van der Waals surface area contributed by atoms with Gasteiger partial charge in [-0.3, -0.25) is 9.47 Å². The molecule has 1 atom stereocenters. The van der Waals surface area contributed by atoms with Gasteiger partial charge >= 0.3 is 6.55 Å². The van der Waals surface area contributed by atoms with Gasteiger partial charge in [-0.1, -0.05) is 12.1 Å². The largest absolute Gasteiger partial charge is 0.320 e. The van der Waals surface area contributed by atoms with Gasteiger partial charge in [-0.15, -0.1) is 0 Å². The molecule has 1 unspecified atom stereocenters. The molecule has 0 bridgehead atoms. The molecule has 1 aromatic heterocycles. The summed E-state index contributed by atoms with van der Waals surface area (Å²) < 4.78 is 28.4. The van der Waals surface area contributed by atoms with Crippen molar-refractivity contribution in [2.45, 2.75) is 44.8 Å². The first-order valence-electron chi connectivity index (χ1n) is 8.88. The first-order valence-corrected chi connectivity index (χ1v) is 8.88. The number of nitrogens with zero attached hydrogens (tertiary/aromatic N) is 4. The number of rotatable bonds is 4. The molecule has 0 amide bonds. The lowest BCUT2D eigenvalue weighted by Gasteiger charge is -2.44. The number of benzene rings is 1. The summed E-state index contributed by atoms with van der Waals surface area (Å²) in [5, 5.41) is 0. The lowest BCUT2D eigenvalue weighted by atomic mass is 9.98. The molecule has 3 heterocycles. The van der Waals surface area contributed by atoms with Crippen LogP contribution in [0.5, 0.6) is 0 Å². The first-order chi connectivity index (χ1) is 11.6.